The normalized spacial score (nSPS) is 14.8. The highest BCUT2D eigenvalue weighted by atomic mass is 16.5. The first-order valence-electron chi connectivity index (χ1n) is 7.32. The lowest BCUT2D eigenvalue weighted by molar-refractivity contribution is -0.145. The van der Waals surface area contributed by atoms with Gasteiger partial charge in [-0.1, -0.05) is 24.3 Å². The quantitative estimate of drug-likeness (QED) is 0.424. The molecule has 128 valence electrons. The molecule has 8 heteroatoms. The molecule has 8 nitrogen and oxygen atoms in total. The molecular formula is C16H19N3O5. The van der Waals surface area contributed by atoms with Gasteiger partial charge in [0.15, 0.2) is 0 Å². The van der Waals surface area contributed by atoms with E-state index in [4.69, 9.17) is 0 Å². The maximum atomic E-state index is 12.0. The predicted octanol–water partition coefficient (Wildman–Crippen LogP) is 0.348. The van der Waals surface area contributed by atoms with Crippen LogP contribution in [0.5, 0.6) is 0 Å². The van der Waals surface area contributed by atoms with Crippen molar-refractivity contribution in [1.82, 2.24) is 14.7 Å². The van der Waals surface area contributed by atoms with E-state index >= 15 is 0 Å². The summed E-state index contributed by atoms with van der Waals surface area (Å²) in [6, 6.07) is 6.87. The number of benzene rings is 1. The SMILES string of the molecule is COC(=O)CN(Cc1ccccc1C)CN1C(=O)C(=O)N(C)C1=O. The van der Waals surface area contributed by atoms with Crippen molar-refractivity contribution in [2.45, 2.75) is 13.5 Å². The van der Waals surface area contributed by atoms with Gasteiger partial charge in [-0.2, -0.15) is 0 Å². The smallest absolute Gasteiger partial charge is 0.335 e. The second-order valence-electron chi connectivity index (χ2n) is 5.51. The average Bonchev–Trinajstić information content (AvgIpc) is 2.74. The molecule has 0 saturated carbocycles. The third-order valence-electron chi connectivity index (χ3n) is 3.83. The summed E-state index contributed by atoms with van der Waals surface area (Å²) in [5, 5.41) is 0. The first-order valence-corrected chi connectivity index (χ1v) is 7.32. The molecule has 1 fully saturated rings. The van der Waals surface area contributed by atoms with Crippen molar-refractivity contribution >= 4 is 23.8 Å². The Labute approximate surface area is 139 Å². The summed E-state index contributed by atoms with van der Waals surface area (Å²) in [4.78, 5) is 50.3. The van der Waals surface area contributed by atoms with Crippen LogP contribution in [0.3, 0.4) is 0 Å². The van der Waals surface area contributed by atoms with Crippen molar-refractivity contribution in [3.8, 4) is 0 Å². The molecule has 0 N–H and O–H groups in total. The van der Waals surface area contributed by atoms with Crippen LogP contribution < -0.4 is 0 Å². The molecular weight excluding hydrogens is 314 g/mol. The number of urea groups is 1. The zero-order valence-electron chi connectivity index (χ0n) is 13.8. The molecule has 24 heavy (non-hydrogen) atoms. The summed E-state index contributed by atoms with van der Waals surface area (Å²) in [5.74, 6) is -2.28. The lowest BCUT2D eigenvalue weighted by Gasteiger charge is -2.25. The number of esters is 1. The van der Waals surface area contributed by atoms with Crippen molar-refractivity contribution in [3.63, 3.8) is 0 Å². The van der Waals surface area contributed by atoms with Crippen LogP contribution >= 0.6 is 0 Å². The van der Waals surface area contributed by atoms with Crippen molar-refractivity contribution in [3.05, 3.63) is 35.4 Å². The monoisotopic (exact) mass is 333 g/mol. The Bertz CT molecular complexity index is 688. The van der Waals surface area contributed by atoms with Crippen LogP contribution in [0.2, 0.25) is 0 Å². The molecule has 1 aliphatic heterocycles. The first kappa shape index (κ1) is 17.6. The van der Waals surface area contributed by atoms with Crippen molar-refractivity contribution in [1.29, 1.82) is 0 Å². The summed E-state index contributed by atoms with van der Waals surface area (Å²) in [7, 11) is 2.51. The van der Waals surface area contributed by atoms with Crippen LogP contribution in [0.15, 0.2) is 24.3 Å². The molecule has 2 rings (SSSR count). The number of carbonyl (C=O) groups is 4. The molecule has 1 aromatic rings. The summed E-state index contributed by atoms with van der Waals surface area (Å²) in [5.41, 5.74) is 1.96. The molecule has 1 aliphatic rings. The molecule has 0 radical (unpaired) electrons. The van der Waals surface area contributed by atoms with Crippen LogP contribution in [0.1, 0.15) is 11.1 Å². The van der Waals surface area contributed by atoms with Crippen LogP contribution in [-0.2, 0) is 25.7 Å². The van der Waals surface area contributed by atoms with Gasteiger partial charge in [0.2, 0.25) is 0 Å². The van der Waals surface area contributed by atoms with Crippen LogP contribution in [0.4, 0.5) is 4.79 Å². The second kappa shape index (κ2) is 7.22. The molecule has 0 atom stereocenters. The van der Waals surface area contributed by atoms with Crippen LogP contribution in [0, 0.1) is 6.92 Å². The number of nitrogens with zero attached hydrogens (tertiary/aromatic N) is 3. The lowest BCUT2D eigenvalue weighted by atomic mass is 10.1. The Hall–Kier alpha value is -2.74. The van der Waals surface area contributed by atoms with E-state index in [1.54, 1.807) is 4.90 Å². The van der Waals surface area contributed by atoms with Crippen molar-refractivity contribution in [2.75, 3.05) is 27.4 Å². The molecule has 0 bridgehead atoms. The van der Waals surface area contributed by atoms with Gasteiger partial charge in [0, 0.05) is 13.6 Å². The summed E-state index contributed by atoms with van der Waals surface area (Å²) in [6.45, 7) is 1.98. The van der Waals surface area contributed by atoms with E-state index in [0.29, 0.717) is 6.54 Å². The van der Waals surface area contributed by atoms with Crippen molar-refractivity contribution < 1.29 is 23.9 Å². The van der Waals surface area contributed by atoms with Gasteiger partial charge in [-0.05, 0) is 18.1 Å². The topological polar surface area (TPSA) is 87.2 Å². The number of carbonyl (C=O) groups excluding carboxylic acids is 4. The highest BCUT2D eigenvalue weighted by molar-refractivity contribution is 6.44. The Balaban J connectivity index is 2.19. The number of hydrogen-bond donors (Lipinski definition) is 0. The van der Waals surface area contributed by atoms with Crippen molar-refractivity contribution in [2.24, 2.45) is 0 Å². The van der Waals surface area contributed by atoms with Gasteiger partial charge < -0.3 is 4.74 Å². The largest absolute Gasteiger partial charge is 0.468 e. The third kappa shape index (κ3) is 3.60. The fraction of sp³-hybridized carbons (Fsp3) is 0.375. The number of hydrogen-bond acceptors (Lipinski definition) is 6. The Morgan fingerprint density at radius 2 is 1.83 bits per heavy atom. The van der Waals surface area contributed by atoms with Gasteiger partial charge in [-0.3, -0.25) is 24.2 Å². The van der Waals surface area contributed by atoms with Gasteiger partial charge in [-0.25, -0.2) is 9.69 Å². The zero-order chi connectivity index (χ0) is 17.9. The molecule has 0 aliphatic carbocycles. The highest BCUT2D eigenvalue weighted by Gasteiger charge is 2.42. The predicted molar refractivity (Wildman–Crippen MR) is 83.5 cm³/mol. The summed E-state index contributed by atoms with van der Waals surface area (Å²) >= 11 is 0. The number of amides is 4. The standard InChI is InChI=1S/C16H19N3O5/c1-11-6-4-5-7-12(11)8-18(9-13(20)24-3)10-19-15(22)14(21)17(2)16(19)23/h4-7H,8-10H2,1-3H3. The molecule has 1 aromatic carbocycles. The Morgan fingerprint density at radius 3 is 2.38 bits per heavy atom. The van der Waals surface area contributed by atoms with E-state index in [1.807, 2.05) is 31.2 Å². The molecule has 0 spiro atoms. The maximum Gasteiger partial charge on any atom is 0.335 e. The van der Waals surface area contributed by atoms with E-state index in [2.05, 4.69) is 4.74 Å². The van der Waals surface area contributed by atoms with Gasteiger partial charge >= 0.3 is 23.8 Å². The Morgan fingerprint density at radius 1 is 1.17 bits per heavy atom. The molecule has 0 unspecified atom stereocenters. The molecule has 4 amide bonds. The van der Waals surface area contributed by atoms with Crippen LogP contribution in [-0.4, -0.2) is 65.9 Å². The minimum atomic E-state index is -0.901. The summed E-state index contributed by atoms with van der Waals surface area (Å²) in [6.07, 6.45) is 0. The number of aryl methyl sites for hydroxylation is 1. The van der Waals surface area contributed by atoms with E-state index in [-0.39, 0.29) is 13.2 Å². The van der Waals surface area contributed by atoms with E-state index in [0.717, 1.165) is 20.9 Å². The number of methoxy groups -OCH3 is 1. The maximum absolute atomic E-state index is 12.0. The Kier molecular flexibility index (Phi) is 5.30. The van der Waals surface area contributed by atoms with E-state index < -0.39 is 23.8 Å². The van der Waals surface area contributed by atoms with Gasteiger partial charge in [0.05, 0.1) is 20.3 Å². The molecule has 1 saturated heterocycles. The zero-order valence-corrected chi connectivity index (χ0v) is 13.8. The number of imide groups is 2. The fourth-order valence-electron chi connectivity index (χ4n) is 2.37. The minimum Gasteiger partial charge on any atom is -0.468 e. The minimum absolute atomic E-state index is 0.111. The number of ether oxygens (including phenoxy) is 1. The lowest BCUT2D eigenvalue weighted by Crippen LogP contribution is -2.43. The van der Waals surface area contributed by atoms with Gasteiger partial charge in [0.25, 0.3) is 0 Å². The third-order valence-corrected chi connectivity index (χ3v) is 3.83. The van der Waals surface area contributed by atoms with Gasteiger partial charge in [0.1, 0.15) is 0 Å². The first-order chi connectivity index (χ1) is 11.3. The van der Waals surface area contributed by atoms with E-state index in [9.17, 15) is 19.2 Å². The van der Waals surface area contributed by atoms with Gasteiger partial charge in [-0.15, -0.1) is 0 Å². The molecule has 0 aromatic heterocycles. The molecule has 1 heterocycles. The summed E-state index contributed by atoms with van der Waals surface area (Å²) < 4.78 is 4.66. The average molecular weight is 333 g/mol. The highest BCUT2D eigenvalue weighted by Crippen LogP contribution is 2.14. The fourth-order valence-corrected chi connectivity index (χ4v) is 2.37. The van der Waals surface area contributed by atoms with Crippen LogP contribution in [0.25, 0.3) is 0 Å². The number of rotatable bonds is 6. The number of likely N-dealkylation sites (N-methyl/N-ethyl adjacent to an activating group) is 1. The second-order valence-corrected chi connectivity index (χ2v) is 5.51. The van der Waals surface area contributed by atoms with E-state index in [1.165, 1.54) is 14.2 Å².